The van der Waals surface area contributed by atoms with Crippen LogP contribution in [0.1, 0.15) is 0 Å². The van der Waals surface area contributed by atoms with E-state index in [4.69, 9.17) is 4.74 Å². The second-order valence-electron chi connectivity index (χ2n) is 2.04. The molecule has 0 aliphatic heterocycles. The van der Waals surface area contributed by atoms with Gasteiger partial charge < -0.3 is 9.84 Å². The Morgan fingerprint density at radius 1 is 1.45 bits per heavy atom. The Morgan fingerprint density at radius 3 is 2.73 bits per heavy atom. The Balaban J connectivity index is 3.02. The molecule has 0 aliphatic carbocycles. The number of ether oxygens (including phenoxy) is 1. The Bertz CT molecular complexity index is 248. The van der Waals surface area contributed by atoms with Crippen LogP contribution in [0.15, 0.2) is 23.1 Å². The molecule has 3 heteroatoms. The van der Waals surface area contributed by atoms with Gasteiger partial charge in [-0.15, -0.1) is 11.8 Å². The van der Waals surface area contributed by atoms with E-state index in [1.807, 2.05) is 12.3 Å². The molecule has 0 spiro atoms. The van der Waals surface area contributed by atoms with Crippen LogP contribution in [-0.2, 0) is 0 Å². The molecule has 1 rings (SSSR count). The lowest BCUT2D eigenvalue weighted by atomic mass is 10.3. The molecule has 0 amide bonds. The smallest absolute Gasteiger partial charge is 0.161 e. The van der Waals surface area contributed by atoms with Gasteiger partial charge in [-0.3, -0.25) is 0 Å². The van der Waals surface area contributed by atoms with E-state index in [9.17, 15) is 5.11 Å². The van der Waals surface area contributed by atoms with Crippen molar-refractivity contribution >= 4 is 11.8 Å². The zero-order chi connectivity index (χ0) is 8.27. The van der Waals surface area contributed by atoms with Crippen molar-refractivity contribution in [1.82, 2.24) is 0 Å². The van der Waals surface area contributed by atoms with Crippen molar-refractivity contribution in [1.29, 1.82) is 0 Å². The van der Waals surface area contributed by atoms with Crippen LogP contribution in [-0.4, -0.2) is 18.5 Å². The molecular weight excluding hydrogens is 160 g/mol. The summed E-state index contributed by atoms with van der Waals surface area (Å²) in [6.45, 7) is 0. The van der Waals surface area contributed by atoms with Crippen molar-refractivity contribution in [3.05, 3.63) is 18.2 Å². The molecule has 60 valence electrons. The van der Waals surface area contributed by atoms with Gasteiger partial charge in [-0.2, -0.15) is 0 Å². The van der Waals surface area contributed by atoms with Gasteiger partial charge in [0.05, 0.1) is 7.11 Å². The predicted octanol–water partition coefficient (Wildman–Crippen LogP) is 2.12. The van der Waals surface area contributed by atoms with E-state index in [1.54, 1.807) is 31.0 Å². The van der Waals surface area contributed by atoms with Gasteiger partial charge in [0, 0.05) is 4.90 Å². The van der Waals surface area contributed by atoms with Gasteiger partial charge >= 0.3 is 0 Å². The van der Waals surface area contributed by atoms with E-state index >= 15 is 0 Å². The summed E-state index contributed by atoms with van der Waals surface area (Å²) in [7, 11) is 1.54. The second kappa shape index (κ2) is 3.53. The molecule has 0 atom stereocenters. The summed E-state index contributed by atoms with van der Waals surface area (Å²) in [4.78, 5) is 1.08. The number of phenols is 1. The first-order valence-corrected chi connectivity index (χ1v) is 4.41. The van der Waals surface area contributed by atoms with Crippen molar-refractivity contribution in [2.45, 2.75) is 4.90 Å². The van der Waals surface area contributed by atoms with Crippen LogP contribution in [0.3, 0.4) is 0 Å². The van der Waals surface area contributed by atoms with Crippen LogP contribution in [0.25, 0.3) is 0 Å². The highest BCUT2D eigenvalue weighted by atomic mass is 32.2. The summed E-state index contributed by atoms with van der Waals surface area (Å²) in [5.74, 6) is 0.710. The first-order valence-electron chi connectivity index (χ1n) is 3.19. The Kier molecular flexibility index (Phi) is 2.65. The van der Waals surface area contributed by atoms with Crippen molar-refractivity contribution in [3.63, 3.8) is 0 Å². The van der Waals surface area contributed by atoms with Crippen LogP contribution >= 0.6 is 11.8 Å². The molecule has 0 radical (unpaired) electrons. The van der Waals surface area contributed by atoms with Crippen LogP contribution < -0.4 is 4.74 Å². The molecule has 0 fully saturated rings. The van der Waals surface area contributed by atoms with Gasteiger partial charge in [0.2, 0.25) is 0 Å². The number of hydrogen-bond acceptors (Lipinski definition) is 3. The maximum absolute atomic E-state index is 9.20. The van der Waals surface area contributed by atoms with Crippen LogP contribution in [0.2, 0.25) is 0 Å². The maximum Gasteiger partial charge on any atom is 0.161 e. The highest BCUT2D eigenvalue weighted by molar-refractivity contribution is 7.98. The molecule has 0 saturated carbocycles. The average molecular weight is 170 g/mol. The third-order valence-electron chi connectivity index (χ3n) is 1.39. The fourth-order valence-corrected chi connectivity index (χ4v) is 1.21. The van der Waals surface area contributed by atoms with E-state index in [2.05, 4.69) is 0 Å². The summed E-state index contributed by atoms with van der Waals surface area (Å²) in [5.41, 5.74) is 0. The number of aromatic hydroxyl groups is 1. The fraction of sp³-hybridized carbons (Fsp3) is 0.250. The summed E-state index contributed by atoms with van der Waals surface area (Å²) in [5, 5.41) is 9.20. The quantitative estimate of drug-likeness (QED) is 0.689. The van der Waals surface area contributed by atoms with E-state index in [0.717, 1.165) is 4.90 Å². The highest BCUT2D eigenvalue weighted by Gasteiger charge is 2.00. The van der Waals surface area contributed by atoms with E-state index in [1.165, 1.54) is 0 Å². The lowest BCUT2D eigenvalue weighted by molar-refractivity contribution is 0.372. The Hall–Kier alpha value is -0.830. The van der Waals surface area contributed by atoms with Gasteiger partial charge in [0.1, 0.15) is 0 Å². The molecule has 0 aromatic heterocycles. The minimum Gasteiger partial charge on any atom is -0.504 e. The molecule has 0 heterocycles. The lowest BCUT2D eigenvalue weighted by Gasteiger charge is -2.03. The Morgan fingerprint density at radius 2 is 2.18 bits per heavy atom. The zero-order valence-electron chi connectivity index (χ0n) is 6.50. The van der Waals surface area contributed by atoms with Crippen LogP contribution in [0, 0.1) is 0 Å². The molecule has 0 saturated heterocycles. The fourth-order valence-electron chi connectivity index (χ4n) is 0.785. The van der Waals surface area contributed by atoms with Crippen LogP contribution in [0.4, 0.5) is 0 Å². The molecule has 2 nitrogen and oxygen atoms in total. The number of thioether (sulfide) groups is 1. The van der Waals surface area contributed by atoms with Gasteiger partial charge in [0.25, 0.3) is 0 Å². The molecule has 0 aliphatic rings. The summed E-state index contributed by atoms with van der Waals surface area (Å²) >= 11 is 1.62. The van der Waals surface area contributed by atoms with E-state index in [0.29, 0.717) is 5.75 Å². The molecule has 0 unspecified atom stereocenters. The largest absolute Gasteiger partial charge is 0.504 e. The number of phenolic OH excluding ortho intramolecular Hbond substituents is 1. The summed E-state index contributed by atoms with van der Waals surface area (Å²) < 4.78 is 4.92. The molecule has 1 N–H and O–H groups in total. The summed E-state index contributed by atoms with van der Waals surface area (Å²) in [6, 6.07) is 5.28. The van der Waals surface area contributed by atoms with Crippen molar-refractivity contribution in [3.8, 4) is 11.5 Å². The van der Waals surface area contributed by atoms with Gasteiger partial charge in [-0.25, -0.2) is 0 Å². The van der Waals surface area contributed by atoms with E-state index in [-0.39, 0.29) is 5.75 Å². The lowest BCUT2D eigenvalue weighted by Crippen LogP contribution is -1.83. The number of hydrogen-bond donors (Lipinski definition) is 1. The van der Waals surface area contributed by atoms with Gasteiger partial charge in [-0.1, -0.05) is 0 Å². The van der Waals surface area contributed by atoms with Crippen molar-refractivity contribution in [2.24, 2.45) is 0 Å². The average Bonchev–Trinajstić information content (AvgIpc) is 2.05. The second-order valence-corrected chi connectivity index (χ2v) is 2.92. The summed E-state index contributed by atoms with van der Waals surface area (Å²) in [6.07, 6.45) is 1.98. The third kappa shape index (κ3) is 1.80. The Labute approximate surface area is 70.2 Å². The van der Waals surface area contributed by atoms with Crippen LogP contribution in [0.5, 0.6) is 11.5 Å². The number of rotatable bonds is 2. The minimum atomic E-state index is 0.185. The maximum atomic E-state index is 9.20. The predicted molar refractivity (Wildman–Crippen MR) is 46.4 cm³/mol. The molecule has 1 aromatic carbocycles. The van der Waals surface area contributed by atoms with Gasteiger partial charge in [-0.05, 0) is 24.5 Å². The monoisotopic (exact) mass is 170 g/mol. The highest BCUT2D eigenvalue weighted by Crippen LogP contribution is 2.29. The third-order valence-corrected chi connectivity index (χ3v) is 2.11. The van der Waals surface area contributed by atoms with Crippen molar-refractivity contribution in [2.75, 3.05) is 13.4 Å². The van der Waals surface area contributed by atoms with Gasteiger partial charge in [0.15, 0.2) is 11.5 Å². The number of benzene rings is 1. The first-order chi connectivity index (χ1) is 5.27. The number of methoxy groups -OCH3 is 1. The SMILES string of the molecule is COc1cc(SC)ccc1O. The molecule has 11 heavy (non-hydrogen) atoms. The minimum absolute atomic E-state index is 0.185. The first kappa shape index (κ1) is 8.27. The normalized spacial score (nSPS) is 9.64. The molecule has 1 aromatic rings. The standard InChI is InChI=1S/C8H10O2S/c1-10-8-5-6(11-2)3-4-7(8)9/h3-5,9H,1-2H3. The zero-order valence-corrected chi connectivity index (χ0v) is 7.31. The topological polar surface area (TPSA) is 29.5 Å². The molecular formula is C8H10O2S. The van der Waals surface area contributed by atoms with E-state index < -0.39 is 0 Å². The molecule has 0 bridgehead atoms. The van der Waals surface area contributed by atoms with Crippen molar-refractivity contribution < 1.29 is 9.84 Å².